The van der Waals surface area contributed by atoms with Crippen LogP contribution in [0.2, 0.25) is 0 Å². The van der Waals surface area contributed by atoms with Gasteiger partial charge in [0.1, 0.15) is 5.76 Å². The monoisotopic (exact) mass is 1360 g/mol. The number of nitrogens with zero attached hydrogens (tertiary/aromatic N) is 2. The summed E-state index contributed by atoms with van der Waals surface area (Å²) >= 11 is 0. The zero-order valence-electron chi connectivity index (χ0n) is 57.9. The number of carbonyl (C=O) groups excluding carboxylic acids is 1. The Morgan fingerprint density at radius 2 is 1.00 bits per heavy atom. The number of aliphatic hydroxyl groups is 1. The second-order valence-corrected chi connectivity index (χ2v) is 30.8. The van der Waals surface area contributed by atoms with Crippen molar-refractivity contribution in [2.45, 2.75) is 195 Å². The van der Waals surface area contributed by atoms with E-state index in [-0.39, 0.29) is 64.6 Å². The maximum Gasteiger partial charge on any atom is 0.162 e. The zero-order chi connectivity index (χ0) is 64.3. The topological polar surface area (TPSA) is 63.1 Å². The van der Waals surface area contributed by atoms with Gasteiger partial charge in [-0.3, -0.25) is 14.8 Å². The van der Waals surface area contributed by atoms with Crippen LogP contribution < -0.4 is 0 Å². The number of fused-ring (bicyclic) bond motifs is 10. The number of allylic oxidation sites excluding steroid dienone is 2. The van der Waals surface area contributed by atoms with Gasteiger partial charge in [-0.15, -0.1) is 57.3 Å². The summed E-state index contributed by atoms with van der Waals surface area (Å²) in [4.78, 5) is 21.8. The first-order valence-electron chi connectivity index (χ1n) is 33.5. The van der Waals surface area contributed by atoms with Crippen LogP contribution in [0.3, 0.4) is 0 Å². The maximum absolute atomic E-state index is 12.0. The minimum atomic E-state index is -0.207. The number of carbonyl (C=O) groups is 1. The van der Waals surface area contributed by atoms with Gasteiger partial charge in [-0.25, -0.2) is 0 Å². The molecular weight excluding hydrogens is 1260 g/mol. The minimum absolute atomic E-state index is 0. The van der Waals surface area contributed by atoms with E-state index in [0.717, 1.165) is 98.4 Å². The van der Waals surface area contributed by atoms with Crippen molar-refractivity contribution in [3.63, 3.8) is 0 Å². The Morgan fingerprint density at radius 1 is 0.539 bits per heavy atom. The first-order valence-corrected chi connectivity index (χ1v) is 33.0. The first-order chi connectivity index (χ1) is 42.0. The van der Waals surface area contributed by atoms with E-state index in [0.29, 0.717) is 6.17 Å². The van der Waals surface area contributed by atoms with Crippen LogP contribution in [-0.2, 0) is 63.4 Å². The van der Waals surface area contributed by atoms with E-state index >= 15 is 0 Å². The molecule has 0 aliphatic heterocycles. The van der Waals surface area contributed by atoms with E-state index in [1.165, 1.54) is 116 Å². The fourth-order valence-electron chi connectivity index (χ4n) is 14.6. The van der Waals surface area contributed by atoms with Crippen molar-refractivity contribution in [2.24, 2.45) is 33.0 Å². The summed E-state index contributed by atoms with van der Waals surface area (Å²) in [6.07, 6.45) is 14.1. The SMILES string of the molecule is CCC(CC)C(=O)/C=C(\O)C(CC)(CC)CC.Cc1ccc2c(CC(C)(C)C)c3c([c-]c2c1)-c1nccc2c1c(cc1c(CC(C)(C)C)cccc12)C3.[2H]c1cc2c3c(cc4c(CC(C)(C)C)cccc42)Cc2c([c-]c4ccccc4c2CC(C)(C)C)-c3n1.[Ir]. The van der Waals surface area contributed by atoms with Crippen LogP contribution in [0.4, 0.5) is 0 Å². The number of hydrogen-bond donors (Lipinski definition) is 1. The van der Waals surface area contributed by atoms with Gasteiger partial charge in [-0.2, -0.15) is 0 Å². The van der Waals surface area contributed by atoms with Gasteiger partial charge in [0.05, 0.1) is 1.37 Å². The van der Waals surface area contributed by atoms with Crippen molar-refractivity contribution in [3.8, 4) is 22.5 Å². The molecule has 2 aliphatic carbocycles. The average Bonchev–Trinajstić information content (AvgIpc) is 0.727. The summed E-state index contributed by atoms with van der Waals surface area (Å²) in [5, 5.41) is 25.5. The van der Waals surface area contributed by atoms with Gasteiger partial charge in [-0.05, 0) is 177 Å². The van der Waals surface area contributed by atoms with Crippen LogP contribution in [0.25, 0.3) is 87.1 Å². The molecular formula is C84H98IrN2O2-2. The Balaban J connectivity index is 0.000000170. The second kappa shape index (κ2) is 26.0. The molecule has 0 unspecified atom stereocenters. The number of aryl methyl sites for hydroxylation is 1. The van der Waals surface area contributed by atoms with Crippen molar-refractivity contribution in [3.05, 3.63) is 190 Å². The summed E-state index contributed by atoms with van der Waals surface area (Å²) < 4.78 is 8.67. The Kier molecular flexibility index (Phi) is 19.1. The molecule has 0 amide bonds. The van der Waals surface area contributed by atoms with Crippen LogP contribution in [-0.4, -0.2) is 20.9 Å². The van der Waals surface area contributed by atoms with Crippen LogP contribution >= 0.6 is 0 Å². The molecule has 0 bridgehead atoms. The van der Waals surface area contributed by atoms with Crippen molar-refractivity contribution < 1.29 is 31.4 Å². The quantitative estimate of drug-likeness (QED) is 0.0573. The molecule has 2 aliphatic rings. The third-order valence-corrected chi connectivity index (χ3v) is 19.0. The van der Waals surface area contributed by atoms with Crippen molar-refractivity contribution in [1.82, 2.24) is 9.97 Å². The number of aliphatic hydroxyl groups excluding tert-OH is 1. The molecule has 8 aromatic carbocycles. The second-order valence-electron chi connectivity index (χ2n) is 30.8. The number of ketones is 1. The van der Waals surface area contributed by atoms with Crippen LogP contribution in [0.5, 0.6) is 0 Å². The number of pyridine rings is 2. The Bertz CT molecular complexity index is 4390. The smallest absolute Gasteiger partial charge is 0.162 e. The van der Waals surface area contributed by atoms with Crippen LogP contribution in [0.1, 0.15) is 201 Å². The predicted molar refractivity (Wildman–Crippen MR) is 378 cm³/mol. The minimum Gasteiger partial charge on any atom is -0.512 e. The molecule has 0 saturated heterocycles. The third-order valence-electron chi connectivity index (χ3n) is 19.0. The van der Waals surface area contributed by atoms with E-state index in [1.807, 2.05) is 26.1 Å². The normalized spacial score (nSPS) is 13.5. The fraction of sp³-hybridized carbons (Fsp3) is 0.417. The van der Waals surface area contributed by atoms with Gasteiger partial charge >= 0.3 is 0 Å². The molecule has 0 atom stereocenters. The summed E-state index contributed by atoms with van der Waals surface area (Å²) in [5.41, 5.74) is 17.4. The standard InChI is InChI=1S/C35H36N.C34H34N.C15H28O2.Ir/c1-21-11-12-25-23(15-21)16-30-29(31(25)20-35(5,6)7)18-24-17-28-22(19-34(2,3)4)9-8-10-26(28)27-13-14-36-33(30)32(24)27;1-33(2,3)19-22-11-9-13-25-26-14-15-35-32-29-16-21-10-7-8-12-24(21)30(20-34(4,5)6)28(29)18-23(31(26)32)17-27(22)25;1-6-12(7-2)13(16)11-14(17)15(8-3,9-4)10-5;/h8-15,17H,18-20H2,1-7H3;7-15,17H,18-20H2,1-6H3;11-12,17H,6-10H2,1-5H3;/q2*-1;;/b;;14-11-;/i;15D;;. The molecule has 12 rings (SSSR count). The molecule has 467 valence electrons. The Hall–Kier alpha value is -6.52. The van der Waals surface area contributed by atoms with Gasteiger partial charge in [0.25, 0.3) is 0 Å². The predicted octanol–water partition coefficient (Wildman–Crippen LogP) is 23.1. The molecule has 2 aromatic heterocycles. The van der Waals surface area contributed by atoms with Gasteiger partial charge in [0, 0.05) is 61.3 Å². The number of rotatable bonds is 12. The van der Waals surface area contributed by atoms with E-state index in [9.17, 15) is 9.90 Å². The van der Waals surface area contributed by atoms with Gasteiger partial charge in [0.15, 0.2) is 5.78 Å². The molecule has 10 aromatic rings. The van der Waals surface area contributed by atoms with Gasteiger partial charge < -0.3 is 5.11 Å². The third kappa shape index (κ3) is 13.9. The molecule has 5 heteroatoms. The molecule has 0 fully saturated rings. The number of aromatic nitrogens is 2. The molecule has 89 heavy (non-hydrogen) atoms. The van der Waals surface area contributed by atoms with E-state index < -0.39 is 0 Å². The molecule has 0 spiro atoms. The molecule has 1 N–H and O–H groups in total. The Labute approximate surface area is 548 Å². The van der Waals surface area contributed by atoms with E-state index in [1.54, 1.807) is 0 Å². The summed E-state index contributed by atoms with van der Waals surface area (Å²) in [6.45, 7) is 40.3. The Morgan fingerprint density at radius 3 is 1.49 bits per heavy atom. The first kappa shape index (κ1) is 65.4. The van der Waals surface area contributed by atoms with E-state index in [2.05, 4.69) is 220 Å². The summed E-state index contributed by atoms with van der Waals surface area (Å²) in [7, 11) is 0. The van der Waals surface area contributed by atoms with Crippen molar-refractivity contribution >= 4 is 70.4 Å². The number of hydrogen-bond acceptors (Lipinski definition) is 4. The average molecular weight is 1360 g/mol. The summed E-state index contributed by atoms with van der Waals surface area (Å²) in [6, 6.07) is 45.7. The van der Waals surface area contributed by atoms with Crippen LogP contribution in [0, 0.1) is 52.0 Å². The molecule has 1 radical (unpaired) electrons. The maximum atomic E-state index is 12.0. The fourth-order valence-corrected chi connectivity index (χ4v) is 14.6. The molecule has 0 saturated carbocycles. The van der Waals surface area contributed by atoms with Crippen LogP contribution in [0.15, 0.2) is 127 Å². The zero-order valence-corrected chi connectivity index (χ0v) is 59.3. The van der Waals surface area contributed by atoms with Gasteiger partial charge in [-0.1, -0.05) is 224 Å². The van der Waals surface area contributed by atoms with Gasteiger partial charge in [0.2, 0.25) is 0 Å². The van der Waals surface area contributed by atoms with Crippen molar-refractivity contribution in [2.75, 3.05) is 0 Å². The molecule has 4 nitrogen and oxygen atoms in total. The van der Waals surface area contributed by atoms with E-state index in [4.69, 9.17) is 11.3 Å². The number of benzene rings is 8. The molecule has 2 heterocycles. The van der Waals surface area contributed by atoms with Crippen molar-refractivity contribution in [1.29, 1.82) is 0 Å². The summed E-state index contributed by atoms with van der Waals surface area (Å²) in [5.74, 6) is 0.412. The largest absolute Gasteiger partial charge is 0.512 e.